The fourth-order valence-electron chi connectivity index (χ4n) is 4.68. The summed E-state index contributed by atoms with van der Waals surface area (Å²) >= 11 is 0. The van der Waals surface area contributed by atoms with E-state index in [2.05, 4.69) is 22.2 Å². The fraction of sp³-hybridized carbons (Fsp3) is 0.727. The van der Waals surface area contributed by atoms with E-state index in [4.69, 9.17) is 0 Å². The molecule has 2 saturated heterocycles. The molecule has 0 aliphatic carbocycles. The Kier molecular flexibility index (Phi) is 8.49. The molecule has 1 aromatic rings. The number of anilines is 1. The van der Waals surface area contributed by atoms with Gasteiger partial charge in [0, 0.05) is 51.9 Å². The molecule has 2 heterocycles. The zero-order chi connectivity index (χ0) is 23.3. The summed E-state index contributed by atoms with van der Waals surface area (Å²) in [5, 5.41) is 14.8. The highest BCUT2D eigenvalue weighted by atomic mass is 32.2. The molecule has 0 amide bonds. The third kappa shape index (κ3) is 6.40. The number of rotatable bonds is 9. The molecule has 1 N–H and O–H groups in total. The minimum absolute atomic E-state index is 0.00823. The van der Waals surface area contributed by atoms with Crippen LogP contribution >= 0.6 is 0 Å². The van der Waals surface area contributed by atoms with E-state index in [9.17, 15) is 18.5 Å². The van der Waals surface area contributed by atoms with E-state index in [0.717, 1.165) is 52.0 Å². The van der Waals surface area contributed by atoms with E-state index in [1.165, 1.54) is 22.5 Å². The number of sulfonamides is 1. The number of unbranched alkanes of at least 4 members (excludes halogenated alkanes) is 1. The van der Waals surface area contributed by atoms with Crippen LogP contribution in [0.4, 0.5) is 11.4 Å². The molecule has 2 fully saturated rings. The molecule has 1 aromatic carbocycles. The van der Waals surface area contributed by atoms with Crippen molar-refractivity contribution in [1.82, 2.24) is 14.1 Å². The van der Waals surface area contributed by atoms with Gasteiger partial charge in [-0.1, -0.05) is 13.8 Å². The van der Waals surface area contributed by atoms with Gasteiger partial charge in [-0.05, 0) is 56.8 Å². The van der Waals surface area contributed by atoms with Gasteiger partial charge in [0.05, 0.1) is 9.82 Å². The van der Waals surface area contributed by atoms with Crippen LogP contribution < -0.4 is 5.32 Å². The molecule has 0 radical (unpaired) electrons. The lowest BCUT2D eigenvalue weighted by Gasteiger charge is -2.34. The third-order valence-corrected chi connectivity index (χ3v) is 8.28. The minimum atomic E-state index is -3.75. The second-order valence-electron chi connectivity index (χ2n) is 9.48. The predicted molar refractivity (Wildman–Crippen MR) is 126 cm³/mol. The molecule has 32 heavy (non-hydrogen) atoms. The zero-order valence-electron chi connectivity index (χ0n) is 19.5. The summed E-state index contributed by atoms with van der Waals surface area (Å²) in [5.41, 5.74) is 0.178. The first-order valence-corrected chi connectivity index (χ1v) is 13.0. The summed E-state index contributed by atoms with van der Waals surface area (Å²) in [5.74, 6) is 0.547. The molecule has 3 rings (SSSR count). The average molecular weight is 468 g/mol. The van der Waals surface area contributed by atoms with Crippen LogP contribution in [0.1, 0.15) is 33.1 Å². The Morgan fingerprint density at radius 2 is 1.75 bits per heavy atom. The number of piperazine rings is 1. The molecule has 2 unspecified atom stereocenters. The molecule has 2 atom stereocenters. The molecule has 0 aromatic heterocycles. The average Bonchev–Trinajstić information content (AvgIpc) is 2.74. The predicted octanol–water partition coefficient (Wildman–Crippen LogP) is 2.70. The maximum absolute atomic E-state index is 13.1. The highest BCUT2D eigenvalue weighted by Crippen LogP contribution is 2.31. The van der Waals surface area contributed by atoms with Gasteiger partial charge in [-0.2, -0.15) is 4.31 Å². The standard InChI is InChI=1S/C22H37N5O4S/c1-18-14-19(2)17-26(16-18)32(30,31)20-6-7-21(22(15-20)27(28)29)23-8-4-5-9-25-12-10-24(3)11-13-25/h6-7,15,18-19,23H,4-5,8-14,16-17H2,1-3H3. The van der Waals surface area contributed by atoms with Crippen molar-refractivity contribution in [1.29, 1.82) is 0 Å². The van der Waals surface area contributed by atoms with E-state index in [-0.39, 0.29) is 22.4 Å². The first kappa shape index (κ1) is 24.9. The molecular weight excluding hydrogens is 430 g/mol. The van der Waals surface area contributed by atoms with Gasteiger partial charge in [0.2, 0.25) is 10.0 Å². The monoisotopic (exact) mass is 467 g/mol. The first-order valence-electron chi connectivity index (χ1n) is 11.6. The lowest BCUT2D eigenvalue weighted by atomic mass is 9.94. The number of benzene rings is 1. The molecule has 10 heteroatoms. The molecular formula is C22H37N5O4S. The quantitative estimate of drug-likeness (QED) is 0.339. The summed E-state index contributed by atoms with van der Waals surface area (Å²) in [4.78, 5) is 15.9. The normalized spacial score (nSPS) is 23.8. The third-order valence-electron chi connectivity index (χ3n) is 6.45. The number of hydrogen-bond donors (Lipinski definition) is 1. The van der Waals surface area contributed by atoms with Crippen LogP contribution in [0.5, 0.6) is 0 Å². The van der Waals surface area contributed by atoms with Crippen LogP contribution in [0.15, 0.2) is 23.1 Å². The highest BCUT2D eigenvalue weighted by Gasteiger charge is 2.33. The van der Waals surface area contributed by atoms with Gasteiger partial charge < -0.3 is 15.1 Å². The Morgan fingerprint density at radius 1 is 1.09 bits per heavy atom. The van der Waals surface area contributed by atoms with Gasteiger partial charge in [-0.25, -0.2) is 8.42 Å². The Labute approximate surface area is 192 Å². The van der Waals surface area contributed by atoms with Crippen molar-refractivity contribution >= 4 is 21.4 Å². The van der Waals surface area contributed by atoms with E-state index in [1.54, 1.807) is 0 Å². The molecule has 2 aliphatic rings. The van der Waals surface area contributed by atoms with Crippen molar-refractivity contribution in [3.05, 3.63) is 28.3 Å². The number of nitro groups is 1. The molecule has 9 nitrogen and oxygen atoms in total. The lowest BCUT2D eigenvalue weighted by molar-refractivity contribution is -0.384. The first-order chi connectivity index (χ1) is 15.2. The maximum atomic E-state index is 13.1. The van der Waals surface area contributed by atoms with Gasteiger partial charge in [0.15, 0.2) is 0 Å². The minimum Gasteiger partial charge on any atom is -0.379 e. The van der Waals surface area contributed by atoms with Gasteiger partial charge in [-0.15, -0.1) is 0 Å². The molecule has 2 aliphatic heterocycles. The number of hydrogen-bond acceptors (Lipinski definition) is 7. The van der Waals surface area contributed by atoms with E-state index in [0.29, 0.717) is 25.3 Å². The van der Waals surface area contributed by atoms with Crippen LogP contribution in [0.25, 0.3) is 0 Å². The van der Waals surface area contributed by atoms with Crippen LogP contribution in [0, 0.1) is 22.0 Å². The lowest BCUT2D eigenvalue weighted by Crippen LogP contribution is -2.44. The van der Waals surface area contributed by atoms with Crippen molar-refractivity contribution < 1.29 is 13.3 Å². The van der Waals surface area contributed by atoms with Crippen molar-refractivity contribution in [3.8, 4) is 0 Å². The molecule has 0 bridgehead atoms. The Morgan fingerprint density at radius 3 is 2.38 bits per heavy atom. The highest BCUT2D eigenvalue weighted by molar-refractivity contribution is 7.89. The van der Waals surface area contributed by atoms with Crippen LogP contribution in [-0.2, 0) is 10.0 Å². The van der Waals surface area contributed by atoms with Crippen molar-refractivity contribution in [2.24, 2.45) is 11.8 Å². The van der Waals surface area contributed by atoms with Crippen LogP contribution in [0.2, 0.25) is 0 Å². The summed E-state index contributed by atoms with van der Waals surface area (Å²) in [6.07, 6.45) is 2.90. The van der Waals surface area contributed by atoms with E-state index in [1.807, 2.05) is 13.8 Å². The van der Waals surface area contributed by atoms with Crippen molar-refractivity contribution in [2.75, 3.05) is 64.7 Å². The number of nitrogens with one attached hydrogen (secondary N) is 1. The van der Waals surface area contributed by atoms with Crippen LogP contribution in [0.3, 0.4) is 0 Å². The topological polar surface area (TPSA) is 99.0 Å². The SMILES string of the molecule is CC1CC(C)CN(S(=O)(=O)c2ccc(NCCCCN3CCN(C)CC3)c([N+](=O)[O-])c2)C1. The second-order valence-corrected chi connectivity index (χ2v) is 11.4. The van der Waals surface area contributed by atoms with E-state index < -0.39 is 14.9 Å². The summed E-state index contributed by atoms with van der Waals surface area (Å²) < 4.78 is 27.7. The maximum Gasteiger partial charge on any atom is 0.293 e. The molecule has 0 spiro atoms. The fourth-order valence-corrected chi connectivity index (χ4v) is 6.38. The van der Waals surface area contributed by atoms with Crippen LogP contribution in [-0.4, -0.2) is 86.9 Å². The summed E-state index contributed by atoms with van der Waals surface area (Å²) in [7, 11) is -1.62. The Bertz CT molecular complexity index is 876. The molecule has 180 valence electrons. The smallest absolute Gasteiger partial charge is 0.293 e. The van der Waals surface area contributed by atoms with Gasteiger partial charge in [-0.3, -0.25) is 10.1 Å². The number of nitro benzene ring substituents is 1. The number of piperidine rings is 1. The largest absolute Gasteiger partial charge is 0.379 e. The summed E-state index contributed by atoms with van der Waals surface area (Å²) in [6.45, 7) is 11.0. The Balaban J connectivity index is 1.59. The van der Waals surface area contributed by atoms with Gasteiger partial charge >= 0.3 is 0 Å². The van der Waals surface area contributed by atoms with Gasteiger partial charge in [0.25, 0.3) is 5.69 Å². The summed E-state index contributed by atoms with van der Waals surface area (Å²) in [6, 6.07) is 4.22. The van der Waals surface area contributed by atoms with Gasteiger partial charge in [0.1, 0.15) is 5.69 Å². The van der Waals surface area contributed by atoms with Crippen molar-refractivity contribution in [3.63, 3.8) is 0 Å². The second kappa shape index (κ2) is 10.9. The van der Waals surface area contributed by atoms with E-state index >= 15 is 0 Å². The zero-order valence-corrected chi connectivity index (χ0v) is 20.3. The van der Waals surface area contributed by atoms with Crippen molar-refractivity contribution in [2.45, 2.75) is 38.0 Å². The molecule has 0 saturated carbocycles. The Hall–Kier alpha value is -1.75. The number of nitrogens with zero attached hydrogens (tertiary/aromatic N) is 4. The number of likely N-dealkylation sites (N-methyl/N-ethyl adjacent to an activating group) is 1.